The van der Waals surface area contributed by atoms with Gasteiger partial charge in [0.1, 0.15) is 0 Å². The highest BCUT2D eigenvalue weighted by atomic mass is 14.9. The molecule has 1 unspecified atom stereocenters. The second-order valence-corrected chi connectivity index (χ2v) is 6.03. The lowest BCUT2D eigenvalue weighted by Crippen LogP contribution is -2.37. The quantitative estimate of drug-likeness (QED) is 0.812. The van der Waals surface area contributed by atoms with Crippen molar-refractivity contribution in [1.82, 2.24) is 5.32 Å². The molecule has 0 radical (unpaired) electrons. The molecule has 17 heavy (non-hydrogen) atoms. The minimum Gasteiger partial charge on any atom is -0.316 e. The van der Waals surface area contributed by atoms with Crippen molar-refractivity contribution >= 4 is 0 Å². The summed E-state index contributed by atoms with van der Waals surface area (Å²) in [5.41, 5.74) is 3.26. The lowest BCUT2D eigenvalue weighted by atomic mass is 9.83. The fourth-order valence-corrected chi connectivity index (χ4v) is 2.40. The van der Waals surface area contributed by atoms with Gasteiger partial charge in [-0.2, -0.15) is 0 Å². The van der Waals surface area contributed by atoms with E-state index >= 15 is 0 Å². The molecular formula is C16H27N. The Balaban J connectivity index is 2.45. The van der Waals surface area contributed by atoms with Gasteiger partial charge in [0.05, 0.1) is 0 Å². The SMILES string of the molecule is CNC(CCCc1ccccc1C)C(C)(C)C. The molecule has 1 aromatic carbocycles. The third-order valence-corrected chi connectivity index (χ3v) is 3.59. The molecule has 0 saturated heterocycles. The van der Waals surface area contributed by atoms with E-state index in [4.69, 9.17) is 0 Å². The average Bonchev–Trinajstić information content (AvgIpc) is 2.25. The maximum atomic E-state index is 3.44. The summed E-state index contributed by atoms with van der Waals surface area (Å²) in [6.07, 6.45) is 3.70. The highest BCUT2D eigenvalue weighted by molar-refractivity contribution is 5.25. The van der Waals surface area contributed by atoms with E-state index < -0.39 is 0 Å². The Hall–Kier alpha value is -0.820. The van der Waals surface area contributed by atoms with E-state index in [0.717, 1.165) is 0 Å². The minimum absolute atomic E-state index is 0.348. The molecule has 0 aromatic heterocycles. The predicted octanol–water partition coefficient (Wildman–Crippen LogP) is 3.95. The van der Waals surface area contributed by atoms with E-state index in [1.807, 2.05) is 0 Å². The van der Waals surface area contributed by atoms with Crippen LogP contribution in [-0.2, 0) is 6.42 Å². The number of aryl methyl sites for hydroxylation is 2. The number of hydrogen-bond acceptors (Lipinski definition) is 1. The normalized spacial score (nSPS) is 13.7. The van der Waals surface area contributed by atoms with Crippen LogP contribution in [0.25, 0.3) is 0 Å². The van der Waals surface area contributed by atoms with E-state index in [0.29, 0.717) is 11.5 Å². The summed E-state index contributed by atoms with van der Waals surface area (Å²) in [5, 5.41) is 3.44. The Labute approximate surface area is 107 Å². The van der Waals surface area contributed by atoms with Crippen molar-refractivity contribution in [2.45, 2.75) is 53.0 Å². The maximum Gasteiger partial charge on any atom is 0.0113 e. The molecular weight excluding hydrogens is 206 g/mol. The molecule has 0 heterocycles. The van der Waals surface area contributed by atoms with Crippen LogP contribution in [0.2, 0.25) is 0 Å². The molecule has 0 amide bonds. The summed E-state index contributed by atoms with van der Waals surface area (Å²) in [7, 11) is 2.07. The highest BCUT2D eigenvalue weighted by Crippen LogP contribution is 2.23. The van der Waals surface area contributed by atoms with Crippen molar-refractivity contribution in [1.29, 1.82) is 0 Å². The first-order chi connectivity index (χ1) is 7.95. The van der Waals surface area contributed by atoms with Gasteiger partial charge in [-0.1, -0.05) is 45.0 Å². The Bertz CT molecular complexity index is 336. The van der Waals surface area contributed by atoms with Crippen LogP contribution in [0.4, 0.5) is 0 Å². The summed E-state index contributed by atoms with van der Waals surface area (Å²) >= 11 is 0. The Kier molecular flexibility index (Phi) is 5.20. The summed E-state index contributed by atoms with van der Waals surface area (Å²) in [6, 6.07) is 9.31. The van der Waals surface area contributed by atoms with E-state index in [9.17, 15) is 0 Å². The predicted molar refractivity (Wildman–Crippen MR) is 76.4 cm³/mol. The van der Waals surface area contributed by atoms with Crippen LogP contribution in [-0.4, -0.2) is 13.1 Å². The first-order valence-electron chi connectivity index (χ1n) is 6.67. The standard InChI is InChI=1S/C16H27N/c1-13-9-6-7-10-14(13)11-8-12-15(17-5)16(2,3)4/h6-7,9-10,15,17H,8,11-12H2,1-5H3. The molecule has 0 spiro atoms. The van der Waals surface area contributed by atoms with Crippen LogP contribution in [0.1, 0.15) is 44.7 Å². The largest absolute Gasteiger partial charge is 0.316 e. The maximum absolute atomic E-state index is 3.44. The smallest absolute Gasteiger partial charge is 0.0113 e. The third-order valence-electron chi connectivity index (χ3n) is 3.59. The van der Waals surface area contributed by atoms with Gasteiger partial charge >= 0.3 is 0 Å². The molecule has 1 rings (SSSR count). The van der Waals surface area contributed by atoms with Gasteiger partial charge in [-0.05, 0) is 49.8 Å². The van der Waals surface area contributed by atoms with Gasteiger partial charge in [0.2, 0.25) is 0 Å². The molecule has 0 bridgehead atoms. The van der Waals surface area contributed by atoms with Gasteiger partial charge < -0.3 is 5.32 Å². The first-order valence-corrected chi connectivity index (χ1v) is 6.67. The molecule has 1 N–H and O–H groups in total. The molecule has 96 valence electrons. The van der Waals surface area contributed by atoms with Crippen LogP contribution in [0.3, 0.4) is 0 Å². The number of hydrogen-bond donors (Lipinski definition) is 1. The summed E-state index contributed by atoms with van der Waals surface area (Å²) in [6.45, 7) is 9.13. The van der Waals surface area contributed by atoms with Crippen LogP contribution in [0, 0.1) is 12.3 Å². The Morgan fingerprint density at radius 2 is 1.82 bits per heavy atom. The second kappa shape index (κ2) is 6.20. The fraction of sp³-hybridized carbons (Fsp3) is 0.625. The zero-order valence-corrected chi connectivity index (χ0v) is 12.0. The molecule has 0 aliphatic heterocycles. The van der Waals surface area contributed by atoms with Crippen molar-refractivity contribution in [2.75, 3.05) is 7.05 Å². The van der Waals surface area contributed by atoms with Crippen LogP contribution in [0.15, 0.2) is 24.3 Å². The van der Waals surface area contributed by atoms with Crippen LogP contribution in [0.5, 0.6) is 0 Å². The van der Waals surface area contributed by atoms with Crippen molar-refractivity contribution in [3.63, 3.8) is 0 Å². The molecule has 1 heteroatoms. The lowest BCUT2D eigenvalue weighted by molar-refractivity contribution is 0.263. The molecule has 0 fully saturated rings. The monoisotopic (exact) mass is 233 g/mol. The van der Waals surface area contributed by atoms with Gasteiger partial charge in [0.25, 0.3) is 0 Å². The summed E-state index contributed by atoms with van der Waals surface area (Å²) in [5.74, 6) is 0. The van der Waals surface area contributed by atoms with Gasteiger partial charge in [-0.3, -0.25) is 0 Å². The summed E-state index contributed by atoms with van der Waals surface area (Å²) in [4.78, 5) is 0. The Morgan fingerprint density at radius 1 is 1.18 bits per heavy atom. The highest BCUT2D eigenvalue weighted by Gasteiger charge is 2.22. The van der Waals surface area contributed by atoms with E-state index in [2.05, 4.69) is 64.3 Å². The zero-order chi connectivity index (χ0) is 12.9. The van der Waals surface area contributed by atoms with Gasteiger partial charge in [0, 0.05) is 6.04 Å². The molecule has 1 atom stereocenters. The molecule has 0 aliphatic carbocycles. The zero-order valence-electron chi connectivity index (χ0n) is 12.0. The molecule has 1 aromatic rings. The molecule has 0 aliphatic rings. The number of benzene rings is 1. The van der Waals surface area contributed by atoms with Crippen molar-refractivity contribution in [3.8, 4) is 0 Å². The van der Waals surface area contributed by atoms with Gasteiger partial charge in [-0.25, -0.2) is 0 Å². The third kappa shape index (κ3) is 4.51. The topological polar surface area (TPSA) is 12.0 Å². The lowest BCUT2D eigenvalue weighted by Gasteiger charge is -2.30. The van der Waals surface area contributed by atoms with E-state index in [1.54, 1.807) is 0 Å². The number of rotatable bonds is 5. The molecule has 1 nitrogen and oxygen atoms in total. The fourth-order valence-electron chi connectivity index (χ4n) is 2.40. The average molecular weight is 233 g/mol. The first kappa shape index (κ1) is 14.2. The van der Waals surface area contributed by atoms with Gasteiger partial charge in [-0.15, -0.1) is 0 Å². The second-order valence-electron chi connectivity index (χ2n) is 6.03. The van der Waals surface area contributed by atoms with E-state index in [1.165, 1.54) is 30.4 Å². The molecule has 0 saturated carbocycles. The van der Waals surface area contributed by atoms with Gasteiger partial charge in [0.15, 0.2) is 0 Å². The minimum atomic E-state index is 0.348. The van der Waals surface area contributed by atoms with Crippen molar-refractivity contribution in [2.24, 2.45) is 5.41 Å². The summed E-state index contributed by atoms with van der Waals surface area (Å²) < 4.78 is 0. The Morgan fingerprint density at radius 3 is 2.35 bits per heavy atom. The van der Waals surface area contributed by atoms with Crippen molar-refractivity contribution in [3.05, 3.63) is 35.4 Å². The van der Waals surface area contributed by atoms with Crippen molar-refractivity contribution < 1.29 is 0 Å². The number of nitrogens with one attached hydrogen (secondary N) is 1. The van der Waals surface area contributed by atoms with Crippen LogP contribution >= 0.6 is 0 Å². The van der Waals surface area contributed by atoms with E-state index in [-0.39, 0.29) is 0 Å². The van der Waals surface area contributed by atoms with Crippen LogP contribution < -0.4 is 5.32 Å².